The molecule has 1 spiro atoms. The van der Waals surface area contributed by atoms with Gasteiger partial charge in [0.15, 0.2) is 14.3 Å². The van der Waals surface area contributed by atoms with Gasteiger partial charge in [-0.1, -0.05) is 127 Å². The van der Waals surface area contributed by atoms with Crippen LogP contribution in [-0.4, -0.2) is 147 Å². The minimum atomic E-state index is -1.18. The first-order valence-electron chi connectivity index (χ1n) is 27.0. The number of hydrogen-bond acceptors (Lipinski definition) is 19. The number of ether oxygens (including phenoxy) is 4. The number of rotatable bonds is 53. The molecule has 2 aliphatic heterocycles. The van der Waals surface area contributed by atoms with Crippen LogP contribution in [0.4, 0.5) is 0 Å². The van der Waals surface area contributed by atoms with Crippen molar-refractivity contribution in [1.29, 1.82) is 0 Å². The van der Waals surface area contributed by atoms with Gasteiger partial charge in [0.25, 0.3) is 0 Å². The highest BCUT2D eigenvalue weighted by Gasteiger charge is 2.53. The van der Waals surface area contributed by atoms with E-state index in [-0.39, 0.29) is 141 Å². The van der Waals surface area contributed by atoms with E-state index in [4.69, 9.17) is 24.1 Å². The molecule has 436 valence electrons. The van der Waals surface area contributed by atoms with Crippen molar-refractivity contribution in [3.63, 3.8) is 0 Å². The van der Waals surface area contributed by atoms with Crippen LogP contribution >= 0.6 is 64.8 Å². The van der Waals surface area contributed by atoms with E-state index in [0.29, 0.717) is 38.6 Å². The SMILES string of the molecule is O=C(O)CCCCCCCCCCCCCCCCC(=O)C[C@@H](CCC(=O)NCCOCCOCC(=O)CCCOCCOCC(=O)C[C@@H](CCC(=O)NCCCC[C@@H](C(=O)O)C1SSC2(SS1)SS2)C(=O)O)C(=O)O. The minimum Gasteiger partial charge on any atom is -0.481 e. The van der Waals surface area contributed by atoms with E-state index in [9.17, 15) is 58.5 Å². The van der Waals surface area contributed by atoms with E-state index in [1.165, 1.54) is 44.9 Å². The lowest BCUT2D eigenvalue weighted by atomic mass is 9.94. The Morgan fingerprint density at radius 1 is 0.408 bits per heavy atom. The maximum atomic E-state index is 12.5. The number of carbonyl (C=O) groups is 9. The maximum absolute atomic E-state index is 12.5. The van der Waals surface area contributed by atoms with Gasteiger partial charge >= 0.3 is 23.9 Å². The van der Waals surface area contributed by atoms with E-state index >= 15 is 0 Å². The highest BCUT2D eigenvalue weighted by Crippen LogP contribution is 2.84. The zero-order valence-corrected chi connectivity index (χ0v) is 48.9. The second-order valence-electron chi connectivity index (χ2n) is 19.0. The zero-order valence-electron chi connectivity index (χ0n) is 44.0. The topological polar surface area (TPSA) is 296 Å². The van der Waals surface area contributed by atoms with Crippen LogP contribution in [0.3, 0.4) is 0 Å². The molecule has 0 aromatic rings. The molecule has 0 aromatic carbocycles. The molecular formula is C51H84N2O17S6. The summed E-state index contributed by atoms with van der Waals surface area (Å²) in [6.45, 7) is 1.27. The summed E-state index contributed by atoms with van der Waals surface area (Å²) < 4.78 is 21.6. The lowest BCUT2D eigenvalue weighted by Crippen LogP contribution is -2.29. The van der Waals surface area contributed by atoms with Crippen LogP contribution in [0.5, 0.6) is 0 Å². The molecule has 0 saturated carbocycles. The van der Waals surface area contributed by atoms with Gasteiger partial charge in [0.2, 0.25) is 11.8 Å². The molecule has 19 nitrogen and oxygen atoms in total. The highest BCUT2D eigenvalue weighted by atomic mass is 33.2. The molecule has 0 aromatic heterocycles. The fraction of sp³-hybridized carbons (Fsp3) is 0.824. The molecule has 2 saturated heterocycles. The van der Waals surface area contributed by atoms with Crippen molar-refractivity contribution < 1.29 is 82.5 Å². The van der Waals surface area contributed by atoms with Crippen molar-refractivity contribution in [2.24, 2.45) is 17.8 Å². The summed E-state index contributed by atoms with van der Waals surface area (Å²) >= 11 is 0. The van der Waals surface area contributed by atoms with Gasteiger partial charge in [0.05, 0.1) is 55.4 Å². The molecule has 25 heteroatoms. The van der Waals surface area contributed by atoms with Crippen molar-refractivity contribution in [2.45, 2.75) is 181 Å². The molecule has 2 amide bonds. The molecule has 2 heterocycles. The predicted molar refractivity (Wildman–Crippen MR) is 302 cm³/mol. The standard InChI is InChI=1S/C51H84N2O17S6/c54-40(18-13-11-9-7-5-3-1-2-4-6-8-10-12-14-21-46(59)60)34-38(47(61)62)22-25-45(58)53-27-29-68-31-33-69-36-41(55)19-17-28-67-30-32-70-37-42(56)35-39(48(63)64)23-24-44(57)52-26-16-15-20-43(49(65)66)50-71-73-51(74-72-50)75-76-51/h38-39,43,50H,1-37H2,(H,52,57)(H,53,58)(H,59,60)(H,61,62)(H,63,64)(H,65,66)/t38-,39-,43+/m1/s1. The summed E-state index contributed by atoms with van der Waals surface area (Å²) in [4.78, 5) is 108. The third kappa shape index (κ3) is 37.6. The van der Waals surface area contributed by atoms with Gasteiger partial charge in [-0.3, -0.25) is 43.2 Å². The highest BCUT2D eigenvalue weighted by molar-refractivity contribution is 9.14. The first kappa shape index (κ1) is 69.9. The van der Waals surface area contributed by atoms with Gasteiger partial charge in [0.1, 0.15) is 19.0 Å². The molecule has 2 fully saturated rings. The quantitative estimate of drug-likeness (QED) is 0.0187. The van der Waals surface area contributed by atoms with Gasteiger partial charge < -0.3 is 50.0 Å². The van der Waals surface area contributed by atoms with E-state index < -0.39 is 47.4 Å². The van der Waals surface area contributed by atoms with E-state index in [1.807, 2.05) is 0 Å². The maximum Gasteiger partial charge on any atom is 0.308 e. The van der Waals surface area contributed by atoms with Crippen molar-refractivity contribution in [3.8, 4) is 0 Å². The number of carboxylic acids is 4. The van der Waals surface area contributed by atoms with Crippen molar-refractivity contribution >= 4 is 118 Å². The van der Waals surface area contributed by atoms with E-state index in [2.05, 4.69) is 10.6 Å². The normalized spacial score (nSPS) is 15.2. The summed E-state index contributed by atoms with van der Waals surface area (Å²) in [5, 5.41) is 43.1. The summed E-state index contributed by atoms with van der Waals surface area (Å²) in [5.41, 5.74) is 0. The van der Waals surface area contributed by atoms with Crippen molar-refractivity contribution in [3.05, 3.63) is 0 Å². The minimum absolute atomic E-state index is 0.0130. The van der Waals surface area contributed by atoms with Crippen LogP contribution in [0.25, 0.3) is 0 Å². The number of aliphatic carboxylic acids is 4. The van der Waals surface area contributed by atoms with Gasteiger partial charge in [-0.15, -0.1) is 0 Å². The number of amides is 2. The molecule has 0 bridgehead atoms. The lowest BCUT2D eigenvalue weighted by Gasteiger charge is -2.27. The van der Waals surface area contributed by atoms with Crippen LogP contribution in [-0.2, 0) is 62.1 Å². The average Bonchev–Trinajstić information content (AvgIpc) is 4.14. The number of nitrogens with one attached hydrogen (secondary N) is 2. The number of hydrogen-bond donors (Lipinski definition) is 6. The van der Waals surface area contributed by atoms with E-state index in [0.717, 1.165) is 44.9 Å². The molecule has 76 heavy (non-hydrogen) atoms. The zero-order chi connectivity index (χ0) is 55.7. The summed E-state index contributed by atoms with van der Waals surface area (Å²) in [6.07, 6.45) is 17.8. The van der Waals surface area contributed by atoms with E-state index in [1.54, 1.807) is 64.8 Å². The smallest absolute Gasteiger partial charge is 0.308 e. The fourth-order valence-corrected chi connectivity index (χ4v) is 21.8. The third-order valence-corrected chi connectivity index (χ3v) is 26.3. The second-order valence-corrected chi connectivity index (χ2v) is 28.5. The van der Waals surface area contributed by atoms with Gasteiger partial charge in [-0.25, -0.2) is 0 Å². The molecule has 0 unspecified atom stereocenters. The third-order valence-electron chi connectivity index (χ3n) is 12.4. The molecule has 0 radical (unpaired) electrons. The van der Waals surface area contributed by atoms with Crippen LogP contribution in [0.1, 0.15) is 173 Å². The molecule has 0 aliphatic carbocycles. The Hall–Kier alpha value is -2.23. The number of carboxylic acid groups (broad SMARTS) is 4. The van der Waals surface area contributed by atoms with Crippen molar-refractivity contribution in [2.75, 3.05) is 65.9 Å². The fourth-order valence-electron chi connectivity index (χ4n) is 7.92. The van der Waals surface area contributed by atoms with Gasteiger partial charge in [-0.2, -0.15) is 0 Å². The Labute approximate surface area is 472 Å². The number of unbranched alkanes of at least 4 members (excludes halogenated alkanes) is 14. The van der Waals surface area contributed by atoms with Crippen LogP contribution < -0.4 is 10.6 Å². The Morgan fingerprint density at radius 2 is 0.855 bits per heavy atom. The summed E-state index contributed by atoms with van der Waals surface area (Å²) in [6, 6.07) is 0. The summed E-state index contributed by atoms with van der Waals surface area (Å²) in [7, 11) is 10.3. The largest absolute Gasteiger partial charge is 0.481 e. The van der Waals surface area contributed by atoms with Crippen LogP contribution in [0, 0.1) is 17.8 Å². The first-order valence-corrected chi connectivity index (χ1v) is 33.5. The summed E-state index contributed by atoms with van der Waals surface area (Å²) in [5.74, 6) is -7.53. The second kappa shape index (κ2) is 44.5. The number of Topliss-reactive ketones (excluding diaryl/α,β-unsaturated/α-hetero) is 3. The first-order chi connectivity index (χ1) is 36.6. The lowest BCUT2D eigenvalue weighted by molar-refractivity contribution is -0.145. The van der Waals surface area contributed by atoms with Gasteiger partial charge in [-0.05, 0) is 66.5 Å². The predicted octanol–water partition coefficient (Wildman–Crippen LogP) is 9.82. The molecule has 2 aliphatic rings. The van der Waals surface area contributed by atoms with Crippen LogP contribution in [0.2, 0.25) is 0 Å². The molecule has 3 atom stereocenters. The van der Waals surface area contributed by atoms with Gasteiger partial charge in [0, 0.05) is 64.6 Å². The Morgan fingerprint density at radius 3 is 1.36 bits per heavy atom. The Balaban J connectivity index is 1.36. The molecular weight excluding hydrogens is 1100 g/mol. The Kier molecular flexibility index (Phi) is 40.9. The number of carbonyl (C=O) groups excluding carboxylic acids is 5. The average molecular weight is 1190 g/mol. The Bertz CT molecular complexity index is 1720. The molecule has 2 rings (SSSR count). The monoisotopic (exact) mass is 1190 g/mol. The molecule has 6 N–H and O–H groups in total. The van der Waals surface area contributed by atoms with Crippen LogP contribution in [0.15, 0.2) is 0 Å². The van der Waals surface area contributed by atoms with Crippen molar-refractivity contribution in [1.82, 2.24) is 10.6 Å². The number of ketones is 3.